The highest BCUT2D eigenvalue weighted by Gasteiger charge is 2.48. The Hall–Kier alpha value is -2.23. The molecule has 38 heavy (non-hydrogen) atoms. The minimum atomic E-state index is -1.62. The van der Waals surface area contributed by atoms with Gasteiger partial charge in [-0.2, -0.15) is 0 Å². The van der Waals surface area contributed by atoms with E-state index in [-0.39, 0.29) is 23.1 Å². The summed E-state index contributed by atoms with van der Waals surface area (Å²) in [6, 6.07) is 0.337. The van der Waals surface area contributed by atoms with E-state index in [1.54, 1.807) is 11.9 Å². The molecule has 3 heterocycles. The van der Waals surface area contributed by atoms with E-state index in [1.165, 1.54) is 6.20 Å². The van der Waals surface area contributed by atoms with Gasteiger partial charge in [-0.3, -0.25) is 4.79 Å². The molecular weight excluding hydrogens is 529 g/mol. The van der Waals surface area contributed by atoms with E-state index in [0.717, 1.165) is 28.6 Å². The molecule has 0 saturated carbocycles. The Bertz CT molecular complexity index is 1100. The maximum absolute atomic E-state index is 13.7. The summed E-state index contributed by atoms with van der Waals surface area (Å²) in [6.07, 6.45) is -1.41. The first-order valence-electron chi connectivity index (χ1n) is 12.3. The van der Waals surface area contributed by atoms with Gasteiger partial charge in [0.1, 0.15) is 35.5 Å². The lowest BCUT2D eigenvalue weighted by Crippen LogP contribution is -2.56. The zero-order valence-corrected chi connectivity index (χ0v) is 21.7. The normalized spacial score (nSPS) is 27.3. The van der Waals surface area contributed by atoms with Gasteiger partial charge < -0.3 is 29.7 Å². The van der Waals surface area contributed by atoms with Crippen molar-refractivity contribution < 1.29 is 42.8 Å². The molecule has 6 atom stereocenters. The minimum absolute atomic E-state index is 0.0294. The Morgan fingerprint density at radius 2 is 1.87 bits per heavy atom. The van der Waals surface area contributed by atoms with Crippen LogP contribution >= 0.6 is 11.8 Å². The predicted molar refractivity (Wildman–Crippen MR) is 130 cm³/mol. The van der Waals surface area contributed by atoms with Crippen molar-refractivity contribution in [2.45, 2.75) is 54.8 Å². The molecular formula is C24H31F3N4O6S. The summed E-state index contributed by atoms with van der Waals surface area (Å²) in [4.78, 5) is 14.9. The molecule has 2 aliphatic rings. The number of benzene rings is 1. The molecule has 1 aromatic carbocycles. The van der Waals surface area contributed by atoms with Crippen molar-refractivity contribution in [2.75, 3.05) is 33.4 Å². The van der Waals surface area contributed by atoms with Crippen molar-refractivity contribution in [3.63, 3.8) is 0 Å². The van der Waals surface area contributed by atoms with Gasteiger partial charge in [-0.15, -0.1) is 16.9 Å². The maximum Gasteiger partial charge on any atom is 0.235 e. The number of nitrogens with zero attached hydrogens (tertiary/aromatic N) is 4. The maximum atomic E-state index is 13.7. The fourth-order valence-electron chi connectivity index (χ4n) is 4.66. The van der Waals surface area contributed by atoms with Gasteiger partial charge in [-0.05, 0) is 37.8 Å². The molecule has 3 N–H and O–H groups in total. The van der Waals surface area contributed by atoms with E-state index < -0.39 is 59.1 Å². The Morgan fingerprint density at radius 1 is 1.21 bits per heavy atom. The van der Waals surface area contributed by atoms with Crippen LogP contribution in [0.15, 0.2) is 18.3 Å². The summed E-state index contributed by atoms with van der Waals surface area (Å²) < 4.78 is 53.3. The van der Waals surface area contributed by atoms with Crippen molar-refractivity contribution in [1.29, 1.82) is 0 Å². The van der Waals surface area contributed by atoms with E-state index in [2.05, 4.69) is 10.3 Å². The second-order valence-corrected chi connectivity index (χ2v) is 10.6. The van der Waals surface area contributed by atoms with Crippen molar-refractivity contribution >= 4 is 17.7 Å². The highest BCUT2D eigenvalue weighted by atomic mass is 32.2. The summed E-state index contributed by atoms with van der Waals surface area (Å²) in [6.45, 7) is 2.77. The van der Waals surface area contributed by atoms with Gasteiger partial charge in [0.05, 0.1) is 18.1 Å². The molecule has 2 saturated heterocycles. The Balaban J connectivity index is 1.62. The molecule has 0 radical (unpaired) electrons. The van der Waals surface area contributed by atoms with Crippen LogP contribution in [0.2, 0.25) is 0 Å². The molecule has 0 aliphatic carbocycles. The molecule has 2 aromatic rings. The van der Waals surface area contributed by atoms with Crippen molar-refractivity contribution in [1.82, 2.24) is 19.9 Å². The SMILES string of the molecule is CCN(C)C(=O)[C@@H](S[C@@H]1O[C@H](CO)[C@H](O)[C@H](n2cc(-c3cc(F)c(F)c(F)c3)nn2)[C@H]1O)C1CCOCC1. The summed E-state index contributed by atoms with van der Waals surface area (Å²) in [5.74, 6) is -4.60. The van der Waals surface area contributed by atoms with Gasteiger partial charge in [0.25, 0.3) is 0 Å². The third-order valence-electron chi connectivity index (χ3n) is 7.01. The predicted octanol–water partition coefficient (Wildman–Crippen LogP) is 1.35. The lowest BCUT2D eigenvalue weighted by molar-refractivity contribution is -0.178. The molecule has 4 rings (SSSR count). The highest BCUT2D eigenvalue weighted by Crippen LogP contribution is 2.40. The number of ether oxygens (including phenoxy) is 2. The number of aromatic nitrogens is 3. The third kappa shape index (κ3) is 5.84. The van der Waals surface area contributed by atoms with Crippen LogP contribution in [0, 0.1) is 23.4 Å². The Kier molecular flexibility index (Phi) is 9.31. The Labute approximate surface area is 221 Å². The quantitative estimate of drug-likeness (QED) is 0.410. The van der Waals surface area contributed by atoms with Gasteiger partial charge in [-0.25, -0.2) is 17.9 Å². The smallest absolute Gasteiger partial charge is 0.235 e. The van der Waals surface area contributed by atoms with Crippen LogP contribution in [0.1, 0.15) is 25.8 Å². The number of rotatable bonds is 8. The zero-order valence-electron chi connectivity index (χ0n) is 20.9. The van der Waals surface area contributed by atoms with Crippen molar-refractivity contribution in [3.8, 4) is 11.3 Å². The monoisotopic (exact) mass is 560 g/mol. The average molecular weight is 561 g/mol. The number of hydrogen-bond donors (Lipinski definition) is 3. The number of aliphatic hydroxyl groups excluding tert-OH is 3. The lowest BCUT2D eigenvalue weighted by atomic mass is 9.95. The van der Waals surface area contributed by atoms with Crippen LogP contribution < -0.4 is 0 Å². The number of amides is 1. The molecule has 14 heteroatoms. The molecule has 10 nitrogen and oxygen atoms in total. The van der Waals surface area contributed by atoms with E-state index in [0.29, 0.717) is 32.6 Å². The average Bonchev–Trinajstić information content (AvgIpc) is 3.40. The highest BCUT2D eigenvalue weighted by molar-refractivity contribution is 8.01. The lowest BCUT2D eigenvalue weighted by Gasteiger charge is -2.43. The molecule has 2 fully saturated rings. The van der Waals surface area contributed by atoms with Crippen molar-refractivity contribution in [2.24, 2.45) is 5.92 Å². The molecule has 1 amide bonds. The first kappa shape index (κ1) is 28.8. The first-order valence-corrected chi connectivity index (χ1v) is 13.3. The summed E-state index contributed by atoms with van der Waals surface area (Å²) in [7, 11) is 1.69. The van der Waals surface area contributed by atoms with E-state index in [4.69, 9.17) is 9.47 Å². The number of carbonyl (C=O) groups is 1. The molecule has 0 unspecified atom stereocenters. The molecule has 210 valence electrons. The first-order chi connectivity index (χ1) is 18.2. The molecule has 0 spiro atoms. The third-order valence-corrected chi connectivity index (χ3v) is 8.55. The van der Waals surface area contributed by atoms with Crippen LogP contribution in [0.25, 0.3) is 11.3 Å². The minimum Gasteiger partial charge on any atom is -0.394 e. The second-order valence-electron chi connectivity index (χ2n) is 9.39. The summed E-state index contributed by atoms with van der Waals surface area (Å²) in [5.41, 5.74) is -1.16. The van der Waals surface area contributed by atoms with Crippen LogP contribution in [-0.4, -0.2) is 104 Å². The van der Waals surface area contributed by atoms with E-state index in [9.17, 15) is 33.3 Å². The number of carbonyl (C=O) groups excluding carboxylic acids is 1. The van der Waals surface area contributed by atoms with Crippen LogP contribution in [0.4, 0.5) is 13.2 Å². The largest absolute Gasteiger partial charge is 0.394 e. The summed E-state index contributed by atoms with van der Waals surface area (Å²) in [5, 5.41) is 39.3. The van der Waals surface area contributed by atoms with Crippen LogP contribution in [0.5, 0.6) is 0 Å². The zero-order chi connectivity index (χ0) is 27.6. The molecule has 2 aliphatic heterocycles. The summed E-state index contributed by atoms with van der Waals surface area (Å²) >= 11 is 1.12. The van der Waals surface area contributed by atoms with Crippen LogP contribution in [-0.2, 0) is 14.3 Å². The van der Waals surface area contributed by atoms with Gasteiger partial charge in [0.15, 0.2) is 17.5 Å². The Morgan fingerprint density at radius 3 is 2.47 bits per heavy atom. The second kappa shape index (κ2) is 12.3. The van der Waals surface area contributed by atoms with Crippen molar-refractivity contribution in [3.05, 3.63) is 35.8 Å². The standard InChI is InChI=1S/C24H31F3N4O6S/c1-3-30(2)23(35)22(12-4-6-36-7-5-12)38-24-21(34)19(20(33)17(11-32)37-24)31-10-16(28-29-31)13-8-14(25)18(27)15(26)9-13/h8-10,12,17,19-22,24,32-34H,3-7,11H2,1-2H3/t17-,19+,20+,21-,22+,24+/m1/s1. The van der Waals surface area contributed by atoms with Gasteiger partial charge in [0, 0.05) is 32.4 Å². The number of halogens is 3. The fourth-order valence-corrected chi connectivity index (χ4v) is 6.27. The van der Waals surface area contributed by atoms with E-state index in [1.807, 2.05) is 6.92 Å². The fraction of sp³-hybridized carbons (Fsp3) is 0.625. The van der Waals surface area contributed by atoms with Gasteiger partial charge >= 0.3 is 0 Å². The van der Waals surface area contributed by atoms with Gasteiger partial charge in [-0.1, -0.05) is 5.21 Å². The number of thioether (sulfide) groups is 1. The number of aliphatic hydroxyl groups is 3. The molecule has 0 bridgehead atoms. The van der Waals surface area contributed by atoms with E-state index >= 15 is 0 Å². The van der Waals surface area contributed by atoms with Gasteiger partial charge in [0.2, 0.25) is 5.91 Å². The van der Waals surface area contributed by atoms with Crippen LogP contribution in [0.3, 0.4) is 0 Å². The molecule has 1 aromatic heterocycles. The number of hydrogen-bond acceptors (Lipinski definition) is 9. The topological polar surface area (TPSA) is 130 Å².